The van der Waals surface area contributed by atoms with Gasteiger partial charge in [0.15, 0.2) is 0 Å². The Bertz CT molecular complexity index is 1460. The largest absolute Gasteiger partial charge is 0.361 e. The van der Waals surface area contributed by atoms with Crippen molar-refractivity contribution in [2.45, 2.75) is 44.7 Å². The molecule has 0 aliphatic rings. The Morgan fingerprint density at radius 3 is 2.32 bits per heavy atom. The number of carbonyl (C=O) groups excluding carboxylic acids is 1. The fourth-order valence-corrected chi connectivity index (χ4v) is 6.03. The highest BCUT2D eigenvalue weighted by atomic mass is 35.5. The van der Waals surface area contributed by atoms with Gasteiger partial charge >= 0.3 is 0 Å². The van der Waals surface area contributed by atoms with Crippen LogP contribution in [0.4, 0.5) is 0 Å². The molecule has 8 heteroatoms. The number of amides is 1. The van der Waals surface area contributed by atoms with Gasteiger partial charge in [-0.3, -0.25) is 4.79 Å². The fourth-order valence-electron chi connectivity index (χ4n) is 4.32. The molecule has 0 bridgehead atoms. The Morgan fingerprint density at radius 1 is 0.973 bits per heavy atom. The van der Waals surface area contributed by atoms with E-state index in [4.69, 9.17) is 11.6 Å². The molecule has 1 heterocycles. The van der Waals surface area contributed by atoms with E-state index >= 15 is 0 Å². The van der Waals surface area contributed by atoms with Crippen molar-refractivity contribution in [2.75, 3.05) is 13.1 Å². The van der Waals surface area contributed by atoms with Gasteiger partial charge in [0.1, 0.15) is 0 Å². The summed E-state index contributed by atoms with van der Waals surface area (Å²) in [7, 11) is -3.89. The number of aromatic nitrogens is 1. The lowest BCUT2D eigenvalue weighted by molar-refractivity contribution is -0.132. The van der Waals surface area contributed by atoms with Crippen LogP contribution in [0.5, 0.6) is 0 Å². The first-order valence-electron chi connectivity index (χ1n) is 12.3. The standard InChI is InChI=1S/C29H32ClN3O3S/c1-21(2)33(37(35,36)26-14-12-25(30)13-15-26)20-29(34)32(19-23-10-8-22(3)9-11-23)17-16-24-18-31-28-7-5-4-6-27(24)28/h4-15,18,21,31H,16-17,19-20H2,1-3H3. The first-order chi connectivity index (χ1) is 17.6. The number of carbonyl (C=O) groups is 1. The second-order valence-electron chi connectivity index (χ2n) is 9.51. The minimum absolute atomic E-state index is 0.113. The molecule has 194 valence electrons. The summed E-state index contributed by atoms with van der Waals surface area (Å²) in [5.41, 5.74) is 4.30. The predicted molar refractivity (Wildman–Crippen MR) is 149 cm³/mol. The van der Waals surface area contributed by atoms with Crippen molar-refractivity contribution in [3.8, 4) is 0 Å². The van der Waals surface area contributed by atoms with E-state index in [1.165, 1.54) is 16.4 Å². The van der Waals surface area contributed by atoms with Crippen LogP contribution >= 0.6 is 11.6 Å². The summed E-state index contributed by atoms with van der Waals surface area (Å²) in [6.07, 6.45) is 2.62. The highest BCUT2D eigenvalue weighted by molar-refractivity contribution is 7.89. The highest BCUT2D eigenvalue weighted by Gasteiger charge is 2.30. The third kappa shape index (κ3) is 6.42. The molecule has 0 fully saturated rings. The molecule has 0 radical (unpaired) electrons. The van der Waals surface area contributed by atoms with Crippen molar-refractivity contribution >= 4 is 38.4 Å². The van der Waals surface area contributed by atoms with Gasteiger partial charge in [-0.05, 0) is 68.7 Å². The van der Waals surface area contributed by atoms with E-state index in [1.54, 1.807) is 30.9 Å². The van der Waals surface area contributed by atoms with Crippen molar-refractivity contribution < 1.29 is 13.2 Å². The van der Waals surface area contributed by atoms with E-state index in [0.717, 1.165) is 27.6 Å². The third-order valence-corrected chi connectivity index (χ3v) is 8.75. The fraction of sp³-hybridized carbons (Fsp3) is 0.276. The van der Waals surface area contributed by atoms with Gasteiger partial charge in [-0.15, -0.1) is 0 Å². The number of halogens is 1. The van der Waals surface area contributed by atoms with E-state index in [9.17, 15) is 13.2 Å². The Labute approximate surface area is 223 Å². The van der Waals surface area contributed by atoms with Crippen LogP contribution in [-0.4, -0.2) is 47.6 Å². The molecule has 6 nitrogen and oxygen atoms in total. The highest BCUT2D eigenvalue weighted by Crippen LogP contribution is 2.22. The summed E-state index contributed by atoms with van der Waals surface area (Å²) in [6.45, 7) is 6.18. The van der Waals surface area contributed by atoms with Crippen LogP contribution in [0.25, 0.3) is 10.9 Å². The van der Waals surface area contributed by atoms with Crippen LogP contribution in [0, 0.1) is 6.92 Å². The van der Waals surface area contributed by atoms with Crippen LogP contribution in [0.1, 0.15) is 30.5 Å². The van der Waals surface area contributed by atoms with Crippen molar-refractivity contribution in [3.05, 3.63) is 101 Å². The normalized spacial score (nSPS) is 11.9. The number of nitrogens with zero attached hydrogens (tertiary/aromatic N) is 2. The minimum atomic E-state index is -3.89. The van der Waals surface area contributed by atoms with Crippen LogP contribution in [-0.2, 0) is 27.8 Å². The van der Waals surface area contributed by atoms with Gasteiger partial charge in [-0.25, -0.2) is 8.42 Å². The van der Waals surface area contributed by atoms with Gasteiger partial charge in [-0.1, -0.05) is 59.6 Å². The molecule has 0 atom stereocenters. The topological polar surface area (TPSA) is 73.5 Å². The Balaban J connectivity index is 1.58. The number of hydrogen-bond acceptors (Lipinski definition) is 3. The van der Waals surface area contributed by atoms with E-state index in [0.29, 0.717) is 24.5 Å². The van der Waals surface area contributed by atoms with E-state index in [1.807, 2.05) is 55.6 Å². The maximum absolute atomic E-state index is 13.7. The SMILES string of the molecule is Cc1ccc(CN(CCc2c[nH]c3ccccc23)C(=O)CN(C(C)C)S(=O)(=O)c2ccc(Cl)cc2)cc1. The number of para-hydroxylation sites is 1. The average molecular weight is 538 g/mol. The van der Waals surface area contributed by atoms with E-state index in [-0.39, 0.29) is 17.3 Å². The number of hydrogen-bond donors (Lipinski definition) is 1. The van der Waals surface area contributed by atoms with E-state index < -0.39 is 16.1 Å². The van der Waals surface area contributed by atoms with Crippen LogP contribution in [0.3, 0.4) is 0 Å². The summed E-state index contributed by atoms with van der Waals surface area (Å²) < 4.78 is 28.1. The van der Waals surface area contributed by atoms with Gasteiger partial charge in [0.05, 0.1) is 11.4 Å². The molecule has 0 aliphatic carbocycles. The molecule has 0 spiro atoms. The van der Waals surface area contributed by atoms with Crippen molar-refractivity contribution in [1.29, 1.82) is 0 Å². The van der Waals surface area contributed by atoms with Crippen LogP contribution in [0.2, 0.25) is 5.02 Å². The molecule has 1 aromatic heterocycles. The Morgan fingerprint density at radius 2 is 1.65 bits per heavy atom. The minimum Gasteiger partial charge on any atom is -0.361 e. The third-order valence-electron chi connectivity index (χ3n) is 6.46. The number of nitrogens with one attached hydrogen (secondary N) is 1. The summed E-state index contributed by atoms with van der Waals surface area (Å²) in [5, 5.41) is 1.58. The molecule has 37 heavy (non-hydrogen) atoms. The lowest BCUT2D eigenvalue weighted by Gasteiger charge is -2.29. The zero-order valence-corrected chi connectivity index (χ0v) is 22.9. The number of H-pyrrole nitrogens is 1. The molecule has 4 rings (SSSR count). The summed E-state index contributed by atoms with van der Waals surface area (Å²) in [5.74, 6) is -0.244. The van der Waals surface area contributed by atoms with Gasteiger partial charge < -0.3 is 9.88 Å². The predicted octanol–water partition coefficient (Wildman–Crippen LogP) is 5.80. The molecule has 1 amide bonds. The quantitative estimate of drug-likeness (QED) is 0.278. The lowest BCUT2D eigenvalue weighted by atomic mass is 10.1. The number of fused-ring (bicyclic) bond motifs is 1. The molecule has 0 saturated carbocycles. The van der Waals surface area contributed by atoms with Crippen LogP contribution < -0.4 is 0 Å². The zero-order valence-electron chi connectivity index (χ0n) is 21.3. The smallest absolute Gasteiger partial charge is 0.243 e. The van der Waals surface area contributed by atoms with Gasteiger partial charge in [0.2, 0.25) is 15.9 Å². The summed E-state index contributed by atoms with van der Waals surface area (Å²) >= 11 is 5.96. The molecular formula is C29H32ClN3O3S. The molecule has 0 aliphatic heterocycles. The Hall–Kier alpha value is -3.13. The Kier molecular flexibility index (Phi) is 8.37. The van der Waals surface area contributed by atoms with Crippen LogP contribution in [0.15, 0.2) is 83.9 Å². The maximum atomic E-state index is 13.7. The summed E-state index contributed by atoms with van der Waals surface area (Å²) in [6, 6.07) is 21.7. The average Bonchev–Trinajstić information content (AvgIpc) is 3.29. The molecular weight excluding hydrogens is 506 g/mol. The number of sulfonamides is 1. The molecule has 3 aromatic carbocycles. The van der Waals surface area contributed by atoms with Gasteiger partial charge in [0, 0.05) is 41.3 Å². The van der Waals surface area contributed by atoms with Crippen molar-refractivity contribution in [3.63, 3.8) is 0 Å². The number of rotatable bonds is 10. The van der Waals surface area contributed by atoms with E-state index in [2.05, 4.69) is 11.1 Å². The number of aryl methyl sites for hydroxylation is 1. The molecule has 4 aromatic rings. The summed E-state index contributed by atoms with van der Waals surface area (Å²) in [4.78, 5) is 18.8. The second kappa shape index (κ2) is 11.5. The van der Waals surface area contributed by atoms with Crippen molar-refractivity contribution in [2.24, 2.45) is 0 Å². The molecule has 1 N–H and O–H groups in total. The van der Waals surface area contributed by atoms with Gasteiger partial charge in [0.25, 0.3) is 0 Å². The van der Waals surface area contributed by atoms with Crippen molar-refractivity contribution in [1.82, 2.24) is 14.2 Å². The maximum Gasteiger partial charge on any atom is 0.243 e. The second-order valence-corrected chi connectivity index (χ2v) is 11.8. The number of aromatic amines is 1. The zero-order chi connectivity index (χ0) is 26.6. The molecule has 0 saturated heterocycles. The monoisotopic (exact) mass is 537 g/mol. The van der Waals surface area contributed by atoms with Gasteiger partial charge in [-0.2, -0.15) is 4.31 Å². The number of benzene rings is 3. The first kappa shape index (κ1) is 26.9. The lowest BCUT2D eigenvalue weighted by Crippen LogP contribution is -2.46. The first-order valence-corrected chi connectivity index (χ1v) is 14.1. The molecule has 0 unspecified atom stereocenters.